The van der Waals surface area contributed by atoms with Crippen molar-refractivity contribution >= 4 is 51.2 Å². The lowest BCUT2D eigenvalue weighted by atomic mass is 10.2. The van der Waals surface area contributed by atoms with Crippen LogP contribution in [0, 0.1) is 0 Å². The van der Waals surface area contributed by atoms with E-state index in [1.807, 2.05) is 0 Å². The Hall–Kier alpha value is -2.26. The highest BCUT2D eigenvalue weighted by Gasteiger charge is 2.33. The summed E-state index contributed by atoms with van der Waals surface area (Å²) in [6, 6.07) is 6.12. The second-order valence-corrected chi connectivity index (χ2v) is 6.01. The van der Waals surface area contributed by atoms with Crippen molar-refractivity contribution in [3.63, 3.8) is 0 Å². The first-order chi connectivity index (χ1) is 12.1. The van der Waals surface area contributed by atoms with Crippen LogP contribution in [0.4, 0.5) is 18.9 Å². The Labute approximate surface area is 158 Å². The van der Waals surface area contributed by atoms with Crippen molar-refractivity contribution in [2.45, 2.75) is 6.18 Å². The molecule has 0 saturated carbocycles. The molecule has 0 atom stereocenters. The number of carbonyl (C=O) groups excluding carboxylic acids is 2. The third kappa shape index (κ3) is 5.92. The third-order valence-corrected chi connectivity index (χ3v) is 3.63. The summed E-state index contributed by atoms with van der Waals surface area (Å²) in [6.07, 6.45) is -2.28. The molecular weight excluding hydrogens is 443 g/mol. The molecule has 138 valence electrons. The minimum absolute atomic E-state index is 0.126. The molecule has 2 rings (SSSR count). The van der Waals surface area contributed by atoms with E-state index < -0.39 is 35.2 Å². The van der Waals surface area contributed by atoms with Crippen LogP contribution in [0.1, 0.15) is 11.3 Å². The lowest BCUT2D eigenvalue weighted by molar-refractivity contribution is -0.142. The predicted octanol–water partition coefficient (Wildman–Crippen LogP) is 4.91. The van der Waals surface area contributed by atoms with E-state index >= 15 is 0 Å². The number of halogens is 5. The first kappa shape index (κ1) is 20.1. The van der Waals surface area contributed by atoms with Gasteiger partial charge in [-0.1, -0.05) is 11.6 Å². The maximum Gasteiger partial charge on any atom is 0.417 e. The number of hydrogen-bond donors (Lipinski definition) is 1. The summed E-state index contributed by atoms with van der Waals surface area (Å²) < 4.78 is 48.6. The molecule has 0 aliphatic rings. The monoisotopic (exact) mass is 451 g/mol. The average molecular weight is 453 g/mol. The number of furan rings is 1. The van der Waals surface area contributed by atoms with Crippen LogP contribution >= 0.6 is 27.5 Å². The van der Waals surface area contributed by atoms with Gasteiger partial charge in [-0.25, -0.2) is 4.79 Å². The Morgan fingerprint density at radius 2 is 2.00 bits per heavy atom. The largest absolute Gasteiger partial charge is 0.452 e. The molecule has 0 bridgehead atoms. The van der Waals surface area contributed by atoms with Crippen LogP contribution in [0.2, 0.25) is 5.02 Å². The number of hydrogen-bond acceptors (Lipinski definition) is 4. The number of alkyl halides is 3. The highest BCUT2D eigenvalue weighted by Crippen LogP contribution is 2.36. The van der Waals surface area contributed by atoms with Crippen molar-refractivity contribution in [3.05, 3.63) is 57.4 Å². The summed E-state index contributed by atoms with van der Waals surface area (Å²) >= 11 is 8.58. The van der Waals surface area contributed by atoms with Crippen molar-refractivity contribution in [2.24, 2.45) is 0 Å². The molecule has 1 heterocycles. The van der Waals surface area contributed by atoms with Gasteiger partial charge in [-0.05, 0) is 52.3 Å². The maximum atomic E-state index is 12.8. The zero-order valence-electron chi connectivity index (χ0n) is 12.8. The Morgan fingerprint density at radius 1 is 1.27 bits per heavy atom. The van der Waals surface area contributed by atoms with Crippen LogP contribution in [0.5, 0.6) is 0 Å². The third-order valence-electron chi connectivity index (χ3n) is 2.88. The topological polar surface area (TPSA) is 68.5 Å². The SMILES string of the molecule is O=C(COC(=O)C=Cc1ccc(Br)o1)Nc1ccc(Cl)c(C(F)(F)F)c1. The number of esters is 1. The molecule has 1 amide bonds. The highest BCUT2D eigenvalue weighted by molar-refractivity contribution is 9.10. The molecule has 0 aliphatic carbocycles. The van der Waals surface area contributed by atoms with Crippen molar-refractivity contribution < 1.29 is 31.9 Å². The predicted molar refractivity (Wildman–Crippen MR) is 91.5 cm³/mol. The van der Waals surface area contributed by atoms with E-state index in [1.165, 1.54) is 12.1 Å². The van der Waals surface area contributed by atoms with Gasteiger partial charge in [0.2, 0.25) is 0 Å². The van der Waals surface area contributed by atoms with Crippen molar-refractivity contribution in [1.29, 1.82) is 0 Å². The van der Waals surface area contributed by atoms with Gasteiger partial charge in [0.25, 0.3) is 5.91 Å². The van der Waals surface area contributed by atoms with Gasteiger partial charge >= 0.3 is 12.1 Å². The quantitative estimate of drug-likeness (QED) is 0.517. The second kappa shape index (κ2) is 8.41. The smallest absolute Gasteiger partial charge is 0.417 e. The standard InChI is InChI=1S/C16H10BrClF3NO4/c17-13-5-2-10(26-13)3-6-15(24)25-8-14(23)22-9-1-4-12(18)11(7-9)16(19,20)21/h1-7H,8H2,(H,22,23). The number of nitrogens with one attached hydrogen (secondary N) is 1. The van der Waals surface area contributed by atoms with E-state index in [0.29, 0.717) is 16.5 Å². The van der Waals surface area contributed by atoms with E-state index in [-0.39, 0.29) is 5.69 Å². The Balaban J connectivity index is 1.89. The van der Waals surface area contributed by atoms with Crippen LogP contribution < -0.4 is 5.32 Å². The maximum absolute atomic E-state index is 12.8. The minimum Gasteiger partial charge on any atom is -0.452 e. The highest BCUT2D eigenvalue weighted by atomic mass is 79.9. The molecule has 0 fully saturated rings. The van der Waals surface area contributed by atoms with Crippen LogP contribution in [0.25, 0.3) is 6.08 Å². The lowest BCUT2D eigenvalue weighted by Gasteiger charge is -2.11. The summed E-state index contributed by atoms with van der Waals surface area (Å²) in [5, 5.41) is 1.70. The van der Waals surface area contributed by atoms with E-state index in [0.717, 1.165) is 12.1 Å². The molecular formula is C16H10BrClF3NO4. The zero-order chi connectivity index (χ0) is 19.3. The molecule has 0 radical (unpaired) electrons. The molecule has 1 aromatic heterocycles. The zero-order valence-corrected chi connectivity index (χ0v) is 15.1. The fourth-order valence-corrected chi connectivity index (χ4v) is 2.31. The van der Waals surface area contributed by atoms with Gasteiger partial charge in [-0.15, -0.1) is 0 Å². The Morgan fingerprint density at radius 3 is 2.62 bits per heavy atom. The summed E-state index contributed by atoms with van der Waals surface area (Å²) in [7, 11) is 0. The molecule has 0 saturated heterocycles. The van der Waals surface area contributed by atoms with Crippen LogP contribution in [-0.4, -0.2) is 18.5 Å². The first-order valence-corrected chi connectivity index (χ1v) is 8.09. The fourth-order valence-electron chi connectivity index (χ4n) is 1.77. The van der Waals surface area contributed by atoms with Gasteiger partial charge in [-0.3, -0.25) is 4.79 Å². The number of anilines is 1. The van der Waals surface area contributed by atoms with Gasteiger partial charge in [0.15, 0.2) is 11.3 Å². The summed E-state index contributed by atoms with van der Waals surface area (Å²) in [5.74, 6) is -1.23. The number of ether oxygens (including phenoxy) is 1. The minimum atomic E-state index is -4.66. The van der Waals surface area contributed by atoms with Gasteiger partial charge in [0, 0.05) is 11.8 Å². The van der Waals surface area contributed by atoms with E-state index in [4.69, 9.17) is 16.0 Å². The van der Waals surface area contributed by atoms with E-state index in [1.54, 1.807) is 12.1 Å². The number of benzene rings is 1. The van der Waals surface area contributed by atoms with Gasteiger partial charge in [-0.2, -0.15) is 13.2 Å². The number of rotatable bonds is 5. The first-order valence-electron chi connectivity index (χ1n) is 6.92. The molecule has 10 heteroatoms. The van der Waals surface area contributed by atoms with Gasteiger partial charge in [0.05, 0.1) is 10.6 Å². The van der Waals surface area contributed by atoms with E-state index in [9.17, 15) is 22.8 Å². The molecule has 0 spiro atoms. The fraction of sp³-hybridized carbons (Fsp3) is 0.125. The lowest BCUT2D eigenvalue weighted by Crippen LogP contribution is -2.20. The van der Waals surface area contributed by atoms with Crippen molar-refractivity contribution in [3.8, 4) is 0 Å². The Bertz CT molecular complexity index is 848. The van der Waals surface area contributed by atoms with E-state index in [2.05, 4.69) is 26.0 Å². The molecule has 0 aliphatic heterocycles. The van der Waals surface area contributed by atoms with Crippen LogP contribution in [0.3, 0.4) is 0 Å². The molecule has 26 heavy (non-hydrogen) atoms. The molecule has 1 aromatic carbocycles. The van der Waals surface area contributed by atoms with Gasteiger partial charge < -0.3 is 14.5 Å². The molecule has 2 aromatic rings. The summed E-state index contributed by atoms with van der Waals surface area (Å²) in [6.45, 7) is -0.672. The normalized spacial score (nSPS) is 11.6. The Kier molecular flexibility index (Phi) is 6.49. The van der Waals surface area contributed by atoms with Crippen LogP contribution in [-0.2, 0) is 20.5 Å². The summed E-state index contributed by atoms with van der Waals surface area (Å²) in [5.41, 5.74) is -1.21. The van der Waals surface area contributed by atoms with Crippen LogP contribution in [0.15, 0.2) is 45.5 Å². The second-order valence-electron chi connectivity index (χ2n) is 4.82. The molecule has 5 nitrogen and oxygen atoms in total. The molecule has 1 N–H and O–H groups in total. The number of carbonyl (C=O) groups is 2. The average Bonchev–Trinajstić information content (AvgIpc) is 2.97. The summed E-state index contributed by atoms with van der Waals surface area (Å²) in [4.78, 5) is 23.2. The molecule has 0 unspecified atom stereocenters. The number of amides is 1. The van der Waals surface area contributed by atoms with Crippen molar-refractivity contribution in [2.75, 3.05) is 11.9 Å². The van der Waals surface area contributed by atoms with Gasteiger partial charge in [0.1, 0.15) is 5.76 Å². The van der Waals surface area contributed by atoms with Crippen molar-refractivity contribution in [1.82, 2.24) is 0 Å².